The number of thioether (sulfide) groups is 1. The summed E-state index contributed by atoms with van der Waals surface area (Å²) in [5, 5.41) is 11.8. The second-order valence-electron chi connectivity index (χ2n) is 5.95. The van der Waals surface area contributed by atoms with Crippen molar-refractivity contribution in [1.82, 2.24) is 15.1 Å². The van der Waals surface area contributed by atoms with Crippen molar-refractivity contribution in [3.63, 3.8) is 0 Å². The lowest BCUT2D eigenvalue weighted by Crippen LogP contribution is -2.59. The van der Waals surface area contributed by atoms with Crippen LogP contribution in [0, 0.1) is 0 Å². The predicted molar refractivity (Wildman–Crippen MR) is 85.9 cm³/mol. The Bertz CT molecular complexity index is 372. The van der Waals surface area contributed by atoms with E-state index in [0.717, 1.165) is 12.8 Å². The molecule has 1 fully saturated rings. The van der Waals surface area contributed by atoms with Crippen LogP contribution in [-0.4, -0.2) is 78.2 Å². The van der Waals surface area contributed by atoms with Gasteiger partial charge in [-0.15, -0.1) is 0 Å². The maximum atomic E-state index is 12.2. The molecule has 122 valence electrons. The first kappa shape index (κ1) is 18.1. The highest BCUT2D eigenvalue weighted by atomic mass is 32.2. The van der Waals surface area contributed by atoms with Crippen LogP contribution in [0.2, 0.25) is 0 Å². The Morgan fingerprint density at radius 2 is 1.95 bits per heavy atom. The molecule has 0 aromatic heterocycles. The van der Waals surface area contributed by atoms with Crippen LogP contribution in [0.1, 0.15) is 25.7 Å². The van der Waals surface area contributed by atoms with Gasteiger partial charge in [-0.1, -0.05) is 0 Å². The third kappa shape index (κ3) is 4.78. The lowest BCUT2D eigenvalue weighted by atomic mass is 9.75. The van der Waals surface area contributed by atoms with E-state index in [9.17, 15) is 9.59 Å². The van der Waals surface area contributed by atoms with E-state index < -0.39 is 12.0 Å². The molecule has 2 N–H and O–H groups in total. The highest BCUT2D eigenvalue weighted by molar-refractivity contribution is 7.98. The zero-order valence-corrected chi connectivity index (χ0v) is 14.2. The van der Waals surface area contributed by atoms with Gasteiger partial charge in [-0.3, -0.25) is 0 Å². The second kappa shape index (κ2) is 7.89. The first-order valence-electron chi connectivity index (χ1n) is 7.23. The smallest absolute Gasteiger partial charge is 0.326 e. The lowest BCUT2D eigenvalue weighted by Gasteiger charge is -2.49. The van der Waals surface area contributed by atoms with Crippen molar-refractivity contribution in [3.8, 4) is 0 Å². The van der Waals surface area contributed by atoms with E-state index in [0.29, 0.717) is 18.7 Å². The molecule has 0 aliphatic heterocycles. The summed E-state index contributed by atoms with van der Waals surface area (Å²) in [6.07, 6.45) is 5.69. The SMILES string of the molecule is CSCCC(NC(=O)N(C)CC1(N(C)C)CCC1)C(=O)O. The van der Waals surface area contributed by atoms with E-state index in [2.05, 4.69) is 10.2 Å². The number of nitrogens with one attached hydrogen (secondary N) is 1. The zero-order chi connectivity index (χ0) is 16.0. The first-order valence-corrected chi connectivity index (χ1v) is 8.62. The maximum absolute atomic E-state index is 12.2. The molecular formula is C14H27N3O3S. The average Bonchev–Trinajstić information content (AvgIpc) is 2.37. The summed E-state index contributed by atoms with van der Waals surface area (Å²) in [5.41, 5.74) is 0.0457. The van der Waals surface area contributed by atoms with Crippen molar-refractivity contribution in [3.05, 3.63) is 0 Å². The second-order valence-corrected chi connectivity index (χ2v) is 6.94. The van der Waals surface area contributed by atoms with Crippen LogP contribution in [0.25, 0.3) is 0 Å². The molecule has 1 unspecified atom stereocenters. The fourth-order valence-corrected chi connectivity index (χ4v) is 3.07. The number of likely N-dealkylation sites (N-methyl/N-ethyl adjacent to an activating group) is 2. The zero-order valence-electron chi connectivity index (χ0n) is 13.4. The Labute approximate surface area is 131 Å². The molecule has 21 heavy (non-hydrogen) atoms. The molecule has 1 aliphatic carbocycles. The monoisotopic (exact) mass is 317 g/mol. The van der Waals surface area contributed by atoms with Gasteiger partial charge in [-0.2, -0.15) is 11.8 Å². The molecule has 0 aromatic carbocycles. The van der Waals surface area contributed by atoms with Crippen molar-refractivity contribution in [2.45, 2.75) is 37.3 Å². The van der Waals surface area contributed by atoms with Gasteiger partial charge in [0, 0.05) is 19.1 Å². The number of hydrogen-bond acceptors (Lipinski definition) is 4. The highest BCUT2D eigenvalue weighted by Gasteiger charge is 2.40. The number of carbonyl (C=O) groups is 2. The van der Waals surface area contributed by atoms with Gasteiger partial charge in [-0.05, 0) is 51.8 Å². The van der Waals surface area contributed by atoms with Crippen LogP contribution < -0.4 is 5.32 Å². The molecule has 1 atom stereocenters. The molecule has 6 nitrogen and oxygen atoms in total. The summed E-state index contributed by atoms with van der Waals surface area (Å²) in [5.74, 6) is -0.264. The summed E-state index contributed by atoms with van der Waals surface area (Å²) in [6, 6.07) is -1.12. The number of carbonyl (C=O) groups excluding carboxylic acids is 1. The molecule has 0 heterocycles. The Kier molecular flexibility index (Phi) is 6.80. The fourth-order valence-electron chi connectivity index (χ4n) is 2.60. The molecule has 0 radical (unpaired) electrons. The summed E-state index contributed by atoms with van der Waals surface area (Å²) in [6.45, 7) is 0.626. The molecular weight excluding hydrogens is 290 g/mol. The standard InChI is InChI=1S/C14H27N3O3S/c1-16(2)14(7-5-8-14)10-17(3)13(20)15-11(12(18)19)6-9-21-4/h11H,5-10H2,1-4H3,(H,15,20)(H,18,19). The maximum Gasteiger partial charge on any atom is 0.326 e. The quantitative estimate of drug-likeness (QED) is 0.706. The normalized spacial score (nSPS) is 18.0. The number of carboxylic acid groups (broad SMARTS) is 1. The minimum Gasteiger partial charge on any atom is -0.480 e. The predicted octanol–water partition coefficient (Wildman–Crippen LogP) is 1.32. The molecule has 0 saturated heterocycles. The van der Waals surface area contributed by atoms with Crippen molar-refractivity contribution in [2.24, 2.45) is 0 Å². The highest BCUT2D eigenvalue weighted by Crippen LogP contribution is 2.36. The molecule has 7 heteroatoms. The van der Waals surface area contributed by atoms with E-state index in [-0.39, 0.29) is 11.6 Å². The topological polar surface area (TPSA) is 72.9 Å². The third-order valence-electron chi connectivity index (χ3n) is 4.32. The molecule has 1 aliphatic rings. The average molecular weight is 317 g/mol. The number of rotatable bonds is 8. The number of carboxylic acids is 1. The van der Waals surface area contributed by atoms with E-state index in [1.807, 2.05) is 20.4 Å². The first-order chi connectivity index (χ1) is 9.82. The molecule has 0 spiro atoms. The van der Waals surface area contributed by atoms with Crippen molar-refractivity contribution in [1.29, 1.82) is 0 Å². The van der Waals surface area contributed by atoms with Gasteiger partial charge in [0.2, 0.25) is 0 Å². The minimum atomic E-state index is -0.975. The third-order valence-corrected chi connectivity index (χ3v) is 4.96. The van der Waals surface area contributed by atoms with Gasteiger partial charge in [0.15, 0.2) is 0 Å². The minimum absolute atomic E-state index is 0.0457. The molecule has 1 saturated carbocycles. The fraction of sp³-hybridized carbons (Fsp3) is 0.857. The number of nitrogens with zero attached hydrogens (tertiary/aromatic N) is 2. The Hall–Kier alpha value is -0.950. The van der Waals surface area contributed by atoms with E-state index in [1.54, 1.807) is 23.7 Å². The summed E-state index contributed by atoms with van der Waals surface area (Å²) in [7, 11) is 5.79. The van der Waals surface area contributed by atoms with E-state index >= 15 is 0 Å². The Morgan fingerprint density at radius 3 is 2.33 bits per heavy atom. The van der Waals surface area contributed by atoms with Crippen LogP contribution in [0.3, 0.4) is 0 Å². The van der Waals surface area contributed by atoms with E-state index in [4.69, 9.17) is 5.11 Å². The van der Waals surface area contributed by atoms with Crippen LogP contribution in [0.15, 0.2) is 0 Å². The molecule has 1 rings (SSSR count). The van der Waals surface area contributed by atoms with Crippen molar-refractivity contribution >= 4 is 23.8 Å². The lowest BCUT2D eigenvalue weighted by molar-refractivity contribution is -0.139. The summed E-state index contributed by atoms with van der Waals surface area (Å²) in [4.78, 5) is 27.1. The number of aliphatic carboxylic acids is 1. The van der Waals surface area contributed by atoms with Gasteiger partial charge in [0.05, 0.1) is 0 Å². The van der Waals surface area contributed by atoms with Crippen molar-refractivity contribution in [2.75, 3.05) is 39.7 Å². The van der Waals surface area contributed by atoms with Crippen molar-refractivity contribution < 1.29 is 14.7 Å². The van der Waals surface area contributed by atoms with Crippen LogP contribution in [-0.2, 0) is 4.79 Å². The van der Waals surface area contributed by atoms with Gasteiger partial charge in [-0.25, -0.2) is 9.59 Å². The number of urea groups is 1. The molecule has 2 amide bonds. The van der Waals surface area contributed by atoms with Crippen LogP contribution in [0.5, 0.6) is 0 Å². The van der Waals surface area contributed by atoms with Crippen LogP contribution >= 0.6 is 11.8 Å². The molecule has 0 bridgehead atoms. The Morgan fingerprint density at radius 1 is 1.33 bits per heavy atom. The van der Waals surface area contributed by atoms with Gasteiger partial charge >= 0.3 is 12.0 Å². The summed E-state index contributed by atoms with van der Waals surface area (Å²) >= 11 is 1.57. The van der Waals surface area contributed by atoms with E-state index in [1.165, 1.54) is 6.42 Å². The number of amides is 2. The molecule has 0 aromatic rings. The number of hydrogen-bond donors (Lipinski definition) is 2. The summed E-state index contributed by atoms with van der Waals surface area (Å²) < 4.78 is 0. The van der Waals surface area contributed by atoms with Gasteiger partial charge in [0.25, 0.3) is 0 Å². The van der Waals surface area contributed by atoms with Gasteiger partial charge in [0.1, 0.15) is 6.04 Å². The van der Waals surface area contributed by atoms with Gasteiger partial charge < -0.3 is 20.2 Å². The van der Waals surface area contributed by atoms with Crippen LogP contribution in [0.4, 0.5) is 4.79 Å². The Balaban J connectivity index is 2.54. The largest absolute Gasteiger partial charge is 0.480 e.